The first-order valence-electron chi connectivity index (χ1n) is 6.37. The topological polar surface area (TPSA) is 63.8 Å². The fourth-order valence-electron chi connectivity index (χ4n) is 1.75. The van der Waals surface area contributed by atoms with Crippen LogP contribution < -0.4 is 5.32 Å². The highest BCUT2D eigenvalue weighted by Gasteiger charge is 2.11. The molecular formula is C14H14N4OS. The van der Waals surface area contributed by atoms with Crippen molar-refractivity contribution in [3.63, 3.8) is 0 Å². The van der Waals surface area contributed by atoms with Gasteiger partial charge in [0.15, 0.2) is 5.58 Å². The molecule has 0 saturated carbocycles. The molecule has 0 bridgehead atoms. The Balaban J connectivity index is 1.91. The summed E-state index contributed by atoms with van der Waals surface area (Å²) < 4.78 is 5.70. The molecule has 6 heteroatoms. The van der Waals surface area contributed by atoms with Gasteiger partial charge >= 0.3 is 0 Å². The van der Waals surface area contributed by atoms with Gasteiger partial charge in [0.05, 0.1) is 0 Å². The Hall–Kier alpha value is -2.08. The standard InChI is InChI=1S/C14H14N4OS/c1-3-15-13-16-8-9(2)12(18-13)20-14-17-10-6-4-5-7-11(10)19-14/h4-8H,3H2,1-2H3,(H,15,16,18). The predicted octanol–water partition coefficient (Wildman–Crippen LogP) is 3.51. The predicted molar refractivity (Wildman–Crippen MR) is 79.1 cm³/mol. The van der Waals surface area contributed by atoms with E-state index < -0.39 is 0 Å². The number of hydrogen-bond acceptors (Lipinski definition) is 6. The maximum Gasteiger partial charge on any atom is 0.263 e. The number of oxazole rings is 1. The van der Waals surface area contributed by atoms with E-state index in [1.807, 2.05) is 38.1 Å². The maximum absolute atomic E-state index is 5.70. The van der Waals surface area contributed by atoms with Gasteiger partial charge in [0.1, 0.15) is 10.5 Å². The Morgan fingerprint density at radius 1 is 1.25 bits per heavy atom. The van der Waals surface area contributed by atoms with Crippen LogP contribution in [0.5, 0.6) is 0 Å². The molecule has 0 aliphatic carbocycles. The van der Waals surface area contributed by atoms with Crippen LogP contribution in [0, 0.1) is 6.92 Å². The molecule has 5 nitrogen and oxygen atoms in total. The van der Waals surface area contributed by atoms with Gasteiger partial charge < -0.3 is 9.73 Å². The first-order chi connectivity index (χ1) is 9.76. The van der Waals surface area contributed by atoms with Crippen molar-refractivity contribution in [1.82, 2.24) is 15.0 Å². The fourth-order valence-corrected chi connectivity index (χ4v) is 2.54. The molecule has 3 aromatic rings. The number of aromatic nitrogens is 3. The van der Waals surface area contributed by atoms with Gasteiger partial charge in [-0.1, -0.05) is 12.1 Å². The third-order valence-electron chi connectivity index (χ3n) is 2.72. The molecule has 0 atom stereocenters. The lowest BCUT2D eigenvalue weighted by molar-refractivity contribution is 0.489. The summed E-state index contributed by atoms with van der Waals surface area (Å²) in [6.45, 7) is 4.77. The van der Waals surface area contributed by atoms with E-state index in [2.05, 4.69) is 20.3 Å². The second kappa shape index (κ2) is 5.50. The Kier molecular flexibility index (Phi) is 3.56. The van der Waals surface area contributed by atoms with Crippen molar-refractivity contribution in [3.8, 4) is 0 Å². The van der Waals surface area contributed by atoms with Crippen LogP contribution in [0.4, 0.5) is 5.95 Å². The highest BCUT2D eigenvalue weighted by atomic mass is 32.2. The van der Waals surface area contributed by atoms with Crippen molar-refractivity contribution in [2.75, 3.05) is 11.9 Å². The van der Waals surface area contributed by atoms with Crippen molar-refractivity contribution in [2.45, 2.75) is 24.1 Å². The average Bonchev–Trinajstić information content (AvgIpc) is 2.85. The number of fused-ring (bicyclic) bond motifs is 1. The maximum atomic E-state index is 5.70. The zero-order valence-electron chi connectivity index (χ0n) is 11.3. The SMILES string of the molecule is CCNc1ncc(C)c(Sc2nc3ccccc3o2)n1. The molecule has 0 saturated heterocycles. The molecule has 0 aliphatic rings. The number of nitrogens with zero attached hydrogens (tertiary/aromatic N) is 3. The van der Waals surface area contributed by atoms with E-state index in [0.29, 0.717) is 11.2 Å². The van der Waals surface area contributed by atoms with Crippen LogP contribution in [0.25, 0.3) is 11.1 Å². The molecule has 0 unspecified atom stereocenters. The molecule has 20 heavy (non-hydrogen) atoms. The highest BCUT2D eigenvalue weighted by Crippen LogP contribution is 2.30. The minimum absolute atomic E-state index is 0.593. The zero-order chi connectivity index (χ0) is 13.9. The summed E-state index contributed by atoms with van der Waals surface area (Å²) in [5.41, 5.74) is 2.64. The minimum Gasteiger partial charge on any atom is -0.431 e. The minimum atomic E-state index is 0.593. The van der Waals surface area contributed by atoms with Gasteiger partial charge in [-0.15, -0.1) is 0 Å². The lowest BCUT2D eigenvalue weighted by Crippen LogP contribution is -2.03. The highest BCUT2D eigenvalue weighted by molar-refractivity contribution is 7.99. The van der Waals surface area contributed by atoms with Gasteiger partial charge in [0, 0.05) is 18.3 Å². The molecule has 0 radical (unpaired) electrons. The fraction of sp³-hybridized carbons (Fsp3) is 0.214. The monoisotopic (exact) mass is 286 g/mol. The van der Waals surface area contributed by atoms with Crippen LogP contribution in [-0.2, 0) is 0 Å². The van der Waals surface area contributed by atoms with Gasteiger partial charge in [-0.3, -0.25) is 0 Å². The van der Waals surface area contributed by atoms with Crippen molar-refractivity contribution in [1.29, 1.82) is 0 Å². The van der Waals surface area contributed by atoms with Crippen LogP contribution in [0.3, 0.4) is 0 Å². The van der Waals surface area contributed by atoms with E-state index in [9.17, 15) is 0 Å². The number of nitrogens with one attached hydrogen (secondary N) is 1. The summed E-state index contributed by atoms with van der Waals surface area (Å²) in [5, 5.41) is 4.54. The molecule has 0 amide bonds. The number of hydrogen-bond donors (Lipinski definition) is 1. The number of anilines is 1. The van der Waals surface area contributed by atoms with Gasteiger partial charge in [-0.05, 0) is 37.7 Å². The smallest absolute Gasteiger partial charge is 0.263 e. The Morgan fingerprint density at radius 2 is 2.10 bits per heavy atom. The molecular weight excluding hydrogens is 272 g/mol. The summed E-state index contributed by atoms with van der Waals surface area (Å²) in [7, 11) is 0. The zero-order valence-corrected chi connectivity index (χ0v) is 12.1. The van der Waals surface area contributed by atoms with E-state index in [4.69, 9.17) is 4.42 Å². The van der Waals surface area contributed by atoms with Crippen LogP contribution in [0.15, 0.2) is 45.1 Å². The largest absolute Gasteiger partial charge is 0.431 e. The Morgan fingerprint density at radius 3 is 2.90 bits per heavy atom. The molecule has 1 N–H and O–H groups in total. The van der Waals surface area contributed by atoms with Gasteiger partial charge in [-0.2, -0.15) is 0 Å². The van der Waals surface area contributed by atoms with Crippen LogP contribution in [0.1, 0.15) is 12.5 Å². The number of benzene rings is 1. The van der Waals surface area contributed by atoms with Gasteiger partial charge in [0.2, 0.25) is 5.95 Å². The van der Waals surface area contributed by atoms with Crippen molar-refractivity contribution < 1.29 is 4.42 Å². The van der Waals surface area contributed by atoms with Crippen LogP contribution in [-0.4, -0.2) is 21.5 Å². The van der Waals surface area contributed by atoms with Gasteiger partial charge in [0.25, 0.3) is 5.22 Å². The summed E-state index contributed by atoms with van der Waals surface area (Å²) in [5.74, 6) is 0.622. The second-order valence-corrected chi connectivity index (χ2v) is 5.20. The van der Waals surface area contributed by atoms with E-state index in [0.717, 1.165) is 28.2 Å². The molecule has 0 spiro atoms. The first kappa shape index (κ1) is 12.9. The van der Waals surface area contributed by atoms with E-state index >= 15 is 0 Å². The quantitative estimate of drug-likeness (QED) is 0.740. The third-order valence-corrected chi connectivity index (χ3v) is 3.67. The van der Waals surface area contributed by atoms with Gasteiger partial charge in [-0.25, -0.2) is 15.0 Å². The molecule has 3 rings (SSSR count). The van der Waals surface area contributed by atoms with E-state index in [-0.39, 0.29) is 0 Å². The molecule has 102 valence electrons. The number of para-hydroxylation sites is 2. The number of aryl methyl sites for hydroxylation is 1. The normalized spacial score (nSPS) is 10.9. The summed E-state index contributed by atoms with van der Waals surface area (Å²) in [6.07, 6.45) is 1.80. The molecule has 0 aliphatic heterocycles. The van der Waals surface area contributed by atoms with Crippen molar-refractivity contribution in [3.05, 3.63) is 36.0 Å². The van der Waals surface area contributed by atoms with E-state index in [1.165, 1.54) is 11.8 Å². The number of rotatable bonds is 4. The molecule has 2 aromatic heterocycles. The molecule has 1 aromatic carbocycles. The molecule has 0 fully saturated rings. The lowest BCUT2D eigenvalue weighted by Gasteiger charge is -2.05. The van der Waals surface area contributed by atoms with Crippen molar-refractivity contribution in [2.24, 2.45) is 0 Å². The summed E-state index contributed by atoms with van der Waals surface area (Å²) >= 11 is 1.41. The first-order valence-corrected chi connectivity index (χ1v) is 7.19. The second-order valence-electron chi connectivity index (χ2n) is 4.26. The third kappa shape index (κ3) is 2.60. The Bertz CT molecular complexity index is 708. The molecule has 2 heterocycles. The lowest BCUT2D eigenvalue weighted by atomic mass is 10.3. The van der Waals surface area contributed by atoms with E-state index in [1.54, 1.807) is 6.20 Å². The van der Waals surface area contributed by atoms with Crippen LogP contribution >= 0.6 is 11.8 Å². The average molecular weight is 286 g/mol. The summed E-state index contributed by atoms with van der Waals surface area (Å²) in [4.78, 5) is 13.1. The summed E-state index contributed by atoms with van der Waals surface area (Å²) in [6, 6.07) is 7.71. The Labute approximate surface area is 120 Å². The van der Waals surface area contributed by atoms with Crippen LogP contribution in [0.2, 0.25) is 0 Å². The van der Waals surface area contributed by atoms with Crippen molar-refractivity contribution >= 4 is 28.8 Å².